The Hall–Kier alpha value is -3.41. The molecule has 1 aliphatic rings. The molecule has 5 heteroatoms. The number of aromatic amines is 2. The van der Waals surface area contributed by atoms with Crippen LogP contribution in [0.2, 0.25) is 0 Å². The van der Waals surface area contributed by atoms with E-state index in [4.69, 9.17) is 4.98 Å². The zero-order valence-corrected chi connectivity index (χ0v) is 17.4. The van der Waals surface area contributed by atoms with Crippen LogP contribution < -0.4 is 5.32 Å². The minimum atomic E-state index is 0.920. The molecule has 4 heterocycles. The van der Waals surface area contributed by atoms with Crippen LogP contribution in [0.1, 0.15) is 5.56 Å². The van der Waals surface area contributed by atoms with Crippen molar-refractivity contribution in [2.45, 2.75) is 6.54 Å². The molecule has 3 N–H and O–H groups in total. The highest BCUT2D eigenvalue weighted by Crippen LogP contribution is 2.32. The van der Waals surface area contributed by atoms with Gasteiger partial charge in [0.05, 0.1) is 0 Å². The Balaban J connectivity index is 1.31. The molecule has 0 aliphatic carbocycles. The average Bonchev–Trinajstić information content (AvgIpc) is 3.46. The lowest BCUT2D eigenvalue weighted by molar-refractivity contribution is 0.233. The standard InChI is InChI=1S/C26H25N5/c1-3-19(4-2-18(1)17-31-11-9-27-10-12-31)22-14-23-24(16-30-26(23)29-15-22)20-5-6-25-21(13-20)7-8-28-25/h1-8,13-16,27-28H,9-12,17H2,(H,29,30). The molecule has 6 rings (SSSR count). The molecule has 31 heavy (non-hydrogen) atoms. The molecular weight excluding hydrogens is 382 g/mol. The summed E-state index contributed by atoms with van der Waals surface area (Å²) < 4.78 is 0. The average molecular weight is 408 g/mol. The summed E-state index contributed by atoms with van der Waals surface area (Å²) in [6.07, 6.45) is 6.00. The number of aromatic nitrogens is 3. The maximum absolute atomic E-state index is 4.70. The molecule has 0 bridgehead atoms. The number of rotatable bonds is 4. The number of nitrogens with zero attached hydrogens (tertiary/aromatic N) is 2. The highest BCUT2D eigenvalue weighted by atomic mass is 15.2. The first-order valence-corrected chi connectivity index (χ1v) is 10.9. The fourth-order valence-corrected chi connectivity index (χ4v) is 4.55. The Labute approximate surface area is 181 Å². The van der Waals surface area contributed by atoms with Crippen molar-refractivity contribution in [2.75, 3.05) is 26.2 Å². The van der Waals surface area contributed by atoms with Crippen molar-refractivity contribution in [3.8, 4) is 22.3 Å². The molecule has 2 aromatic carbocycles. The van der Waals surface area contributed by atoms with Crippen molar-refractivity contribution >= 4 is 21.9 Å². The van der Waals surface area contributed by atoms with E-state index < -0.39 is 0 Å². The minimum Gasteiger partial charge on any atom is -0.361 e. The SMILES string of the molecule is c1cc2cc(-c3c[nH]c4ncc(-c5ccc(CN6CCNCC6)cc5)cc34)ccc2[nH]1. The maximum Gasteiger partial charge on any atom is 0.137 e. The van der Waals surface area contributed by atoms with Gasteiger partial charge in [-0.15, -0.1) is 0 Å². The number of pyridine rings is 1. The fourth-order valence-electron chi connectivity index (χ4n) is 4.55. The smallest absolute Gasteiger partial charge is 0.137 e. The van der Waals surface area contributed by atoms with Crippen LogP contribution in [-0.2, 0) is 6.54 Å². The molecular formula is C26H25N5. The number of piperazine rings is 1. The van der Waals surface area contributed by atoms with Crippen LogP contribution >= 0.6 is 0 Å². The molecule has 0 atom stereocenters. The van der Waals surface area contributed by atoms with E-state index in [-0.39, 0.29) is 0 Å². The van der Waals surface area contributed by atoms with Crippen LogP contribution in [0.5, 0.6) is 0 Å². The van der Waals surface area contributed by atoms with Crippen molar-refractivity contribution in [3.63, 3.8) is 0 Å². The van der Waals surface area contributed by atoms with Gasteiger partial charge in [-0.25, -0.2) is 4.98 Å². The molecule has 1 saturated heterocycles. The Bertz CT molecular complexity index is 1340. The number of H-pyrrole nitrogens is 2. The second kappa shape index (κ2) is 7.69. The molecule has 0 amide bonds. The number of fused-ring (bicyclic) bond motifs is 2. The lowest BCUT2D eigenvalue weighted by Crippen LogP contribution is -2.42. The second-order valence-electron chi connectivity index (χ2n) is 8.33. The van der Waals surface area contributed by atoms with E-state index in [1.807, 2.05) is 12.4 Å². The molecule has 0 unspecified atom stereocenters. The molecule has 154 valence electrons. The summed E-state index contributed by atoms with van der Waals surface area (Å²) in [5, 5.41) is 5.78. The van der Waals surface area contributed by atoms with Crippen molar-refractivity contribution in [1.82, 2.24) is 25.2 Å². The molecule has 0 saturated carbocycles. The Morgan fingerprint density at radius 2 is 1.68 bits per heavy atom. The van der Waals surface area contributed by atoms with Gasteiger partial charge < -0.3 is 15.3 Å². The summed E-state index contributed by atoms with van der Waals surface area (Å²) in [5.74, 6) is 0. The Morgan fingerprint density at radius 3 is 2.55 bits per heavy atom. The van der Waals surface area contributed by atoms with E-state index >= 15 is 0 Å². The normalized spacial score (nSPS) is 15.1. The lowest BCUT2D eigenvalue weighted by Gasteiger charge is -2.27. The molecule has 1 fully saturated rings. The molecule has 1 aliphatic heterocycles. The summed E-state index contributed by atoms with van der Waals surface area (Å²) in [4.78, 5) is 13.8. The molecule has 0 spiro atoms. The largest absolute Gasteiger partial charge is 0.361 e. The van der Waals surface area contributed by atoms with Gasteiger partial charge >= 0.3 is 0 Å². The second-order valence-corrected chi connectivity index (χ2v) is 8.33. The monoisotopic (exact) mass is 407 g/mol. The Morgan fingerprint density at radius 1 is 0.839 bits per heavy atom. The van der Waals surface area contributed by atoms with E-state index in [9.17, 15) is 0 Å². The summed E-state index contributed by atoms with van der Waals surface area (Å²) in [6.45, 7) is 5.42. The van der Waals surface area contributed by atoms with Gasteiger partial charge in [0.2, 0.25) is 0 Å². The first-order valence-electron chi connectivity index (χ1n) is 10.9. The van der Waals surface area contributed by atoms with E-state index in [0.29, 0.717) is 0 Å². The first-order chi connectivity index (χ1) is 15.3. The predicted molar refractivity (Wildman–Crippen MR) is 127 cm³/mol. The van der Waals surface area contributed by atoms with Crippen molar-refractivity contribution in [2.24, 2.45) is 0 Å². The van der Waals surface area contributed by atoms with Crippen LogP contribution in [-0.4, -0.2) is 46.0 Å². The highest BCUT2D eigenvalue weighted by Gasteiger charge is 2.12. The van der Waals surface area contributed by atoms with Gasteiger partial charge in [0.1, 0.15) is 5.65 Å². The van der Waals surface area contributed by atoms with Gasteiger partial charge in [0.15, 0.2) is 0 Å². The summed E-state index contributed by atoms with van der Waals surface area (Å²) in [6, 6.07) is 19.8. The topological polar surface area (TPSA) is 59.7 Å². The lowest BCUT2D eigenvalue weighted by atomic mass is 10.0. The molecule has 0 radical (unpaired) electrons. The van der Waals surface area contributed by atoms with E-state index in [1.165, 1.54) is 27.6 Å². The van der Waals surface area contributed by atoms with Crippen LogP contribution in [0.3, 0.4) is 0 Å². The van der Waals surface area contributed by atoms with Gasteiger partial charge in [-0.1, -0.05) is 30.3 Å². The van der Waals surface area contributed by atoms with E-state index in [1.54, 1.807) is 0 Å². The van der Waals surface area contributed by atoms with Crippen molar-refractivity contribution < 1.29 is 0 Å². The van der Waals surface area contributed by atoms with Gasteiger partial charge in [0.25, 0.3) is 0 Å². The van der Waals surface area contributed by atoms with Gasteiger partial charge in [0, 0.05) is 73.3 Å². The third-order valence-electron chi connectivity index (χ3n) is 6.30. The van der Waals surface area contributed by atoms with Crippen LogP contribution in [0.15, 0.2) is 73.2 Å². The first kappa shape index (κ1) is 18.4. The van der Waals surface area contributed by atoms with Crippen LogP contribution in [0, 0.1) is 0 Å². The number of hydrogen-bond acceptors (Lipinski definition) is 3. The van der Waals surface area contributed by atoms with Crippen LogP contribution in [0.25, 0.3) is 44.2 Å². The predicted octanol–water partition coefficient (Wildman–Crippen LogP) is 4.78. The van der Waals surface area contributed by atoms with E-state index in [0.717, 1.165) is 54.8 Å². The van der Waals surface area contributed by atoms with E-state index in [2.05, 4.69) is 81.0 Å². The Kier molecular flexibility index (Phi) is 4.55. The number of benzene rings is 2. The quantitative estimate of drug-likeness (QED) is 0.402. The van der Waals surface area contributed by atoms with Gasteiger partial charge in [-0.05, 0) is 46.3 Å². The zero-order valence-electron chi connectivity index (χ0n) is 17.4. The van der Waals surface area contributed by atoms with Crippen molar-refractivity contribution in [1.29, 1.82) is 0 Å². The number of nitrogens with one attached hydrogen (secondary N) is 3. The summed E-state index contributed by atoms with van der Waals surface area (Å²) >= 11 is 0. The van der Waals surface area contributed by atoms with Crippen LogP contribution in [0.4, 0.5) is 0 Å². The highest BCUT2D eigenvalue weighted by molar-refractivity contribution is 5.98. The molecule has 5 nitrogen and oxygen atoms in total. The third kappa shape index (κ3) is 3.52. The van der Waals surface area contributed by atoms with Gasteiger partial charge in [-0.2, -0.15) is 0 Å². The summed E-state index contributed by atoms with van der Waals surface area (Å²) in [5.41, 5.74) is 8.16. The fraction of sp³-hybridized carbons (Fsp3) is 0.192. The van der Waals surface area contributed by atoms with Gasteiger partial charge in [-0.3, -0.25) is 4.90 Å². The number of hydrogen-bond donors (Lipinski definition) is 3. The zero-order chi connectivity index (χ0) is 20.6. The molecule has 5 aromatic rings. The van der Waals surface area contributed by atoms with Crippen molar-refractivity contribution in [3.05, 3.63) is 78.8 Å². The maximum atomic E-state index is 4.70. The summed E-state index contributed by atoms with van der Waals surface area (Å²) in [7, 11) is 0. The third-order valence-corrected chi connectivity index (χ3v) is 6.30. The minimum absolute atomic E-state index is 0.920. The molecule has 3 aromatic heterocycles.